The number of esters is 1. The molecule has 0 aliphatic carbocycles. The molecule has 0 spiro atoms. The standard InChI is InChI=1S/C25H26O6/c1-4-5-6-10-16-28-19-14-11-15-20-21(19)22(23(25(27)30-20)29-17(2)3)31-24(26)18-12-8-7-9-13-18/h5-9,11-15,17H,4,10,16H2,1-3H3. The Hall–Kier alpha value is -3.54. The van der Waals surface area contributed by atoms with Gasteiger partial charge in [0.15, 0.2) is 5.75 Å². The van der Waals surface area contributed by atoms with Gasteiger partial charge in [-0.2, -0.15) is 0 Å². The summed E-state index contributed by atoms with van der Waals surface area (Å²) >= 11 is 0. The summed E-state index contributed by atoms with van der Waals surface area (Å²) in [5, 5.41) is 0.376. The highest BCUT2D eigenvalue weighted by Gasteiger charge is 2.24. The van der Waals surface area contributed by atoms with Gasteiger partial charge in [-0.1, -0.05) is 43.3 Å². The molecule has 6 nitrogen and oxygen atoms in total. The Kier molecular flexibility index (Phi) is 7.49. The quantitative estimate of drug-likeness (QED) is 0.195. The van der Waals surface area contributed by atoms with Gasteiger partial charge in [0.05, 0.1) is 18.3 Å². The molecule has 0 amide bonds. The first kappa shape index (κ1) is 22.2. The Morgan fingerprint density at radius 2 is 1.81 bits per heavy atom. The Morgan fingerprint density at radius 3 is 2.52 bits per heavy atom. The smallest absolute Gasteiger partial charge is 0.383 e. The van der Waals surface area contributed by atoms with Crippen LogP contribution >= 0.6 is 0 Å². The van der Waals surface area contributed by atoms with Crippen molar-refractivity contribution in [1.29, 1.82) is 0 Å². The van der Waals surface area contributed by atoms with Gasteiger partial charge >= 0.3 is 11.6 Å². The van der Waals surface area contributed by atoms with Crippen molar-refractivity contribution in [2.75, 3.05) is 6.61 Å². The molecule has 0 atom stereocenters. The highest BCUT2D eigenvalue weighted by molar-refractivity contribution is 5.97. The zero-order valence-corrected chi connectivity index (χ0v) is 17.9. The Bertz CT molecular complexity index is 1110. The molecule has 0 unspecified atom stereocenters. The predicted molar refractivity (Wildman–Crippen MR) is 119 cm³/mol. The average molecular weight is 422 g/mol. The van der Waals surface area contributed by atoms with Crippen molar-refractivity contribution in [2.24, 2.45) is 0 Å². The second-order valence-electron chi connectivity index (χ2n) is 7.12. The lowest BCUT2D eigenvalue weighted by Gasteiger charge is -2.16. The summed E-state index contributed by atoms with van der Waals surface area (Å²) in [7, 11) is 0. The van der Waals surface area contributed by atoms with Crippen LogP contribution in [0.3, 0.4) is 0 Å². The van der Waals surface area contributed by atoms with Gasteiger partial charge in [-0.15, -0.1) is 0 Å². The van der Waals surface area contributed by atoms with Crippen LogP contribution in [0.15, 0.2) is 69.9 Å². The molecule has 1 heterocycles. The molecule has 1 aromatic heterocycles. The summed E-state index contributed by atoms with van der Waals surface area (Å²) < 4.78 is 22.8. The fourth-order valence-corrected chi connectivity index (χ4v) is 2.97. The van der Waals surface area contributed by atoms with Gasteiger partial charge in [0.1, 0.15) is 16.7 Å². The number of carbonyl (C=O) groups is 1. The lowest BCUT2D eigenvalue weighted by Crippen LogP contribution is -2.17. The summed E-state index contributed by atoms with van der Waals surface area (Å²) in [4.78, 5) is 25.4. The summed E-state index contributed by atoms with van der Waals surface area (Å²) in [5.41, 5.74) is -0.124. The highest BCUT2D eigenvalue weighted by Crippen LogP contribution is 2.39. The number of fused-ring (bicyclic) bond motifs is 1. The van der Waals surface area contributed by atoms with E-state index >= 15 is 0 Å². The minimum absolute atomic E-state index is 0.00602. The van der Waals surface area contributed by atoms with Gasteiger partial charge in [-0.25, -0.2) is 9.59 Å². The molecule has 0 N–H and O–H groups in total. The summed E-state index contributed by atoms with van der Waals surface area (Å²) in [5.74, 6) is -0.334. The van der Waals surface area contributed by atoms with E-state index in [-0.39, 0.29) is 23.2 Å². The van der Waals surface area contributed by atoms with Crippen molar-refractivity contribution in [2.45, 2.75) is 39.7 Å². The molecule has 0 saturated carbocycles. The van der Waals surface area contributed by atoms with Crippen molar-refractivity contribution >= 4 is 16.9 Å². The number of hydrogen-bond donors (Lipinski definition) is 0. The second-order valence-corrected chi connectivity index (χ2v) is 7.12. The third-order valence-corrected chi connectivity index (χ3v) is 4.31. The molecule has 0 aliphatic heterocycles. The third-order valence-electron chi connectivity index (χ3n) is 4.31. The van der Waals surface area contributed by atoms with E-state index in [0.717, 1.165) is 12.8 Å². The van der Waals surface area contributed by atoms with E-state index in [2.05, 4.69) is 13.0 Å². The van der Waals surface area contributed by atoms with Crippen LogP contribution in [0.1, 0.15) is 44.0 Å². The summed E-state index contributed by atoms with van der Waals surface area (Å²) in [6.45, 7) is 6.03. The molecule has 3 aromatic rings. The van der Waals surface area contributed by atoms with Crippen molar-refractivity contribution in [1.82, 2.24) is 0 Å². The maximum atomic E-state index is 12.8. The Balaban J connectivity index is 2.08. The molecule has 0 bridgehead atoms. The number of hydrogen-bond acceptors (Lipinski definition) is 6. The van der Waals surface area contributed by atoms with Crippen molar-refractivity contribution < 1.29 is 23.4 Å². The molecule has 31 heavy (non-hydrogen) atoms. The van der Waals surface area contributed by atoms with E-state index in [9.17, 15) is 9.59 Å². The minimum atomic E-state index is -0.722. The van der Waals surface area contributed by atoms with Crippen LogP contribution in [0.25, 0.3) is 11.0 Å². The molecule has 0 aliphatic rings. The van der Waals surface area contributed by atoms with E-state index in [1.165, 1.54) is 0 Å². The fourth-order valence-electron chi connectivity index (χ4n) is 2.97. The lowest BCUT2D eigenvalue weighted by molar-refractivity contribution is 0.0726. The maximum Gasteiger partial charge on any atom is 0.383 e. The lowest BCUT2D eigenvalue weighted by atomic mass is 10.2. The van der Waals surface area contributed by atoms with E-state index in [1.807, 2.05) is 6.08 Å². The van der Waals surface area contributed by atoms with Gasteiger partial charge in [-0.3, -0.25) is 0 Å². The van der Waals surface area contributed by atoms with Gasteiger partial charge < -0.3 is 18.6 Å². The normalized spacial score (nSPS) is 11.2. The van der Waals surface area contributed by atoms with Gasteiger partial charge in [-0.05, 0) is 51.0 Å². The van der Waals surface area contributed by atoms with Crippen molar-refractivity contribution in [3.63, 3.8) is 0 Å². The predicted octanol–water partition coefficient (Wildman–Crippen LogP) is 5.53. The van der Waals surface area contributed by atoms with Crippen LogP contribution in [0.5, 0.6) is 17.2 Å². The number of rotatable bonds is 9. The van der Waals surface area contributed by atoms with E-state index in [1.54, 1.807) is 62.4 Å². The van der Waals surface area contributed by atoms with Crippen LogP contribution in [-0.2, 0) is 0 Å². The molecular weight excluding hydrogens is 396 g/mol. The molecule has 0 saturated heterocycles. The zero-order chi connectivity index (χ0) is 22.2. The van der Waals surface area contributed by atoms with E-state index in [4.69, 9.17) is 18.6 Å². The summed E-state index contributed by atoms with van der Waals surface area (Å²) in [6.07, 6.45) is 5.44. The number of ether oxygens (including phenoxy) is 3. The van der Waals surface area contributed by atoms with Crippen LogP contribution < -0.4 is 19.8 Å². The van der Waals surface area contributed by atoms with Crippen molar-refractivity contribution in [3.8, 4) is 17.2 Å². The van der Waals surface area contributed by atoms with Crippen LogP contribution in [0.2, 0.25) is 0 Å². The first-order valence-corrected chi connectivity index (χ1v) is 10.3. The monoisotopic (exact) mass is 422 g/mol. The Morgan fingerprint density at radius 1 is 1.03 bits per heavy atom. The first-order chi connectivity index (χ1) is 15.0. The second kappa shape index (κ2) is 10.5. The highest BCUT2D eigenvalue weighted by atomic mass is 16.6. The van der Waals surface area contributed by atoms with Crippen LogP contribution in [0, 0.1) is 0 Å². The molecular formula is C25H26O6. The van der Waals surface area contributed by atoms with E-state index in [0.29, 0.717) is 23.3 Å². The Labute approximate surface area is 181 Å². The largest absolute Gasteiger partial charge is 0.492 e. The SMILES string of the molecule is CCC=CCCOc1cccc2oc(=O)c(OC(C)C)c(OC(=O)c3ccccc3)c12. The van der Waals surface area contributed by atoms with Gasteiger partial charge in [0, 0.05) is 0 Å². The number of allylic oxidation sites excluding steroid dienone is 1. The van der Waals surface area contributed by atoms with Gasteiger partial charge in [0.25, 0.3) is 0 Å². The topological polar surface area (TPSA) is 75.0 Å². The van der Waals surface area contributed by atoms with Crippen LogP contribution in [0.4, 0.5) is 0 Å². The number of benzene rings is 2. The van der Waals surface area contributed by atoms with E-state index < -0.39 is 11.6 Å². The minimum Gasteiger partial charge on any atom is -0.492 e. The zero-order valence-electron chi connectivity index (χ0n) is 17.9. The average Bonchev–Trinajstić information content (AvgIpc) is 2.76. The molecule has 0 fully saturated rings. The van der Waals surface area contributed by atoms with Crippen LogP contribution in [-0.4, -0.2) is 18.7 Å². The first-order valence-electron chi connectivity index (χ1n) is 10.3. The molecule has 0 radical (unpaired) electrons. The maximum absolute atomic E-state index is 12.8. The van der Waals surface area contributed by atoms with Gasteiger partial charge in [0.2, 0.25) is 5.75 Å². The molecule has 162 valence electrons. The third kappa shape index (κ3) is 5.54. The fraction of sp³-hybridized carbons (Fsp3) is 0.280. The molecule has 3 rings (SSSR count). The van der Waals surface area contributed by atoms with Crippen molar-refractivity contribution in [3.05, 3.63) is 76.7 Å². The number of carbonyl (C=O) groups excluding carboxylic acids is 1. The summed E-state index contributed by atoms with van der Waals surface area (Å²) in [6, 6.07) is 13.6. The molecule has 2 aromatic carbocycles. The molecule has 6 heteroatoms.